The van der Waals surface area contributed by atoms with Crippen LogP contribution in [0.3, 0.4) is 0 Å². The molecule has 1 aromatic rings. The third-order valence-electron chi connectivity index (χ3n) is 3.86. The van der Waals surface area contributed by atoms with Crippen LogP contribution in [0.1, 0.15) is 24.4 Å². The average molecular weight is 293 g/mol. The van der Waals surface area contributed by atoms with Crippen LogP contribution in [0, 0.1) is 0 Å². The second-order valence-corrected chi connectivity index (χ2v) is 6.03. The van der Waals surface area contributed by atoms with Crippen molar-refractivity contribution in [3.8, 4) is 0 Å². The number of anilines is 1. The second kappa shape index (κ2) is 6.52. The molecule has 2 rings (SSSR count). The van der Waals surface area contributed by atoms with E-state index in [-0.39, 0.29) is 12.1 Å². The minimum absolute atomic E-state index is 0.0336. The molecule has 1 saturated heterocycles. The number of rotatable bonds is 4. The summed E-state index contributed by atoms with van der Waals surface area (Å²) in [7, 11) is 4.04. The number of nitrogens with zero attached hydrogens (tertiary/aromatic N) is 2. The Morgan fingerprint density at radius 3 is 2.30 bits per heavy atom. The molecular formula is C15H23N3OS. The Bertz CT molecular complexity index is 453. The van der Waals surface area contributed by atoms with Gasteiger partial charge in [-0.05, 0) is 30.5 Å². The lowest BCUT2D eigenvalue weighted by molar-refractivity contribution is 0.0739. The number of nitrogens with two attached hydrogens (primary N) is 1. The topological polar surface area (TPSA) is 52.7 Å². The molecule has 0 aliphatic carbocycles. The molecule has 1 aliphatic rings. The molecule has 0 amide bonds. The van der Waals surface area contributed by atoms with Crippen LogP contribution in [-0.4, -0.2) is 48.3 Å². The molecule has 0 spiro atoms. The van der Waals surface area contributed by atoms with Crippen LogP contribution < -0.4 is 10.6 Å². The molecular weight excluding hydrogens is 270 g/mol. The maximum Gasteiger partial charge on any atom is 0.0948 e. The highest BCUT2D eigenvalue weighted by molar-refractivity contribution is 7.80. The van der Waals surface area contributed by atoms with E-state index in [1.807, 2.05) is 14.1 Å². The van der Waals surface area contributed by atoms with Gasteiger partial charge in [-0.15, -0.1) is 0 Å². The standard InChI is InChI=1S/C15H23N3OS/c1-17(2)12-5-3-11(4-6-12)14(15(16)20)18-9-7-13(19)8-10-18/h3-6,13-14,19H,7-10H2,1-2H3,(H2,16,20). The van der Waals surface area contributed by atoms with Crippen LogP contribution in [0.15, 0.2) is 24.3 Å². The highest BCUT2D eigenvalue weighted by Crippen LogP contribution is 2.26. The van der Waals surface area contributed by atoms with Crippen molar-refractivity contribution in [2.75, 3.05) is 32.1 Å². The summed E-state index contributed by atoms with van der Waals surface area (Å²) in [5.74, 6) is 0. The van der Waals surface area contributed by atoms with Crippen molar-refractivity contribution in [2.24, 2.45) is 5.73 Å². The molecule has 110 valence electrons. The SMILES string of the molecule is CN(C)c1ccc(C(C(N)=S)N2CCC(O)CC2)cc1. The van der Waals surface area contributed by atoms with E-state index in [1.165, 1.54) is 0 Å². The summed E-state index contributed by atoms with van der Waals surface area (Å²) < 4.78 is 0. The van der Waals surface area contributed by atoms with Gasteiger partial charge in [0.2, 0.25) is 0 Å². The first kappa shape index (κ1) is 15.2. The predicted octanol–water partition coefficient (Wildman–Crippen LogP) is 1.54. The molecule has 0 bridgehead atoms. The molecule has 1 aliphatic heterocycles. The van der Waals surface area contributed by atoms with E-state index in [0.717, 1.165) is 37.2 Å². The molecule has 1 aromatic carbocycles. The van der Waals surface area contributed by atoms with Gasteiger partial charge in [0.15, 0.2) is 0 Å². The zero-order chi connectivity index (χ0) is 14.7. The van der Waals surface area contributed by atoms with Crippen molar-refractivity contribution in [3.05, 3.63) is 29.8 Å². The first-order chi connectivity index (χ1) is 9.49. The summed E-state index contributed by atoms with van der Waals surface area (Å²) >= 11 is 5.26. The van der Waals surface area contributed by atoms with Gasteiger partial charge in [0.1, 0.15) is 0 Å². The van der Waals surface area contributed by atoms with Crippen LogP contribution in [0.4, 0.5) is 5.69 Å². The Labute approximate surface area is 126 Å². The number of aliphatic hydroxyl groups is 1. The molecule has 0 saturated carbocycles. The molecule has 1 fully saturated rings. The van der Waals surface area contributed by atoms with Gasteiger partial charge in [-0.2, -0.15) is 0 Å². The summed E-state index contributed by atoms with van der Waals surface area (Å²) in [6.07, 6.45) is 1.39. The van der Waals surface area contributed by atoms with Crippen molar-refractivity contribution >= 4 is 22.9 Å². The molecule has 20 heavy (non-hydrogen) atoms. The first-order valence-electron chi connectivity index (χ1n) is 6.97. The summed E-state index contributed by atoms with van der Waals surface area (Å²) in [6, 6.07) is 8.31. The van der Waals surface area contributed by atoms with Crippen LogP contribution >= 0.6 is 12.2 Å². The van der Waals surface area contributed by atoms with E-state index in [1.54, 1.807) is 0 Å². The van der Waals surface area contributed by atoms with Gasteiger partial charge < -0.3 is 15.7 Å². The van der Waals surface area contributed by atoms with Crippen molar-refractivity contribution in [3.63, 3.8) is 0 Å². The van der Waals surface area contributed by atoms with Crippen LogP contribution in [-0.2, 0) is 0 Å². The summed E-state index contributed by atoms with van der Waals surface area (Å²) in [5.41, 5.74) is 8.23. The highest BCUT2D eigenvalue weighted by Gasteiger charge is 2.27. The Morgan fingerprint density at radius 2 is 1.85 bits per heavy atom. The largest absolute Gasteiger partial charge is 0.393 e. The van der Waals surface area contributed by atoms with Gasteiger partial charge in [0.25, 0.3) is 0 Å². The molecule has 1 unspecified atom stereocenters. The minimum Gasteiger partial charge on any atom is -0.393 e. The van der Waals surface area contributed by atoms with Crippen LogP contribution in [0.5, 0.6) is 0 Å². The molecule has 5 heteroatoms. The van der Waals surface area contributed by atoms with Gasteiger partial charge >= 0.3 is 0 Å². The first-order valence-corrected chi connectivity index (χ1v) is 7.38. The number of hydrogen-bond donors (Lipinski definition) is 2. The van der Waals surface area contributed by atoms with Crippen molar-refractivity contribution in [1.29, 1.82) is 0 Å². The Hall–Kier alpha value is -1.17. The monoisotopic (exact) mass is 293 g/mol. The molecule has 0 radical (unpaired) electrons. The van der Waals surface area contributed by atoms with Gasteiger partial charge in [-0.25, -0.2) is 0 Å². The van der Waals surface area contributed by atoms with E-state index >= 15 is 0 Å². The third kappa shape index (κ3) is 3.48. The van der Waals surface area contributed by atoms with Gasteiger partial charge in [0.05, 0.1) is 17.1 Å². The minimum atomic E-state index is -0.186. The lowest BCUT2D eigenvalue weighted by atomic mass is 10.00. The zero-order valence-electron chi connectivity index (χ0n) is 12.1. The number of likely N-dealkylation sites (tertiary alicyclic amines) is 1. The predicted molar refractivity (Wildman–Crippen MR) is 87.1 cm³/mol. The molecule has 1 atom stereocenters. The van der Waals surface area contributed by atoms with Crippen molar-refractivity contribution in [1.82, 2.24) is 4.90 Å². The fourth-order valence-corrected chi connectivity index (χ4v) is 2.94. The number of piperidine rings is 1. The Balaban J connectivity index is 2.18. The second-order valence-electron chi connectivity index (χ2n) is 5.56. The maximum absolute atomic E-state index is 9.62. The Morgan fingerprint density at radius 1 is 1.30 bits per heavy atom. The van der Waals surface area contributed by atoms with Gasteiger partial charge in [-0.3, -0.25) is 4.90 Å². The van der Waals surface area contributed by atoms with Gasteiger partial charge in [0, 0.05) is 32.9 Å². The average Bonchev–Trinajstić information content (AvgIpc) is 2.41. The van der Waals surface area contributed by atoms with Crippen molar-refractivity contribution < 1.29 is 5.11 Å². The number of aliphatic hydroxyl groups excluding tert-OH is 1. The van der Waals surface area contributed by atoms with E-state index in [9.17, 15) is 5.11 Å². The third-order valence-corrected chi connectivity index (χ3v) is 4.08. The highest BCUT2D eigenvalue weighted by atomic mass is 32.1. The summed E-state index contributed by atoms with van der Waals surface area (Å²) in [5, 5.41) is 9.62. The molecule has 3 N–H and O–H groups in total. The number of thiocarbonyl (C=S) groups is 1. The molecule has 1 heterocycles. The van der Waals surface area contributed by atoms with E-state index in [4.69, 9.17) is 18.0 Å². The smallest absolute Gasteiger partial charge is 0.0948 e. The number of benzene rings is 1. The van der Waals surface area contributed by atoms with E-state index in [2.05, 4.69) is 34.1 Å². The zero-order valence-corrected chi connectivity index (χ0v) is 12.9. The maximum atomic E-state index is 9.62. The van der Waals surface area contributed by atoms with E-state index < -0.39 is 0 Å². The quantitative estimate of drug-likeness (QED) is 0.825. The van der Waals surface area contributed by atoms with Gasteiger partial charge in [-0.1, -0.05) is 24.4 Å². The normalized spacial score (nSPS) is 18.8. The van der Waals surface area contributed by atoms with Crippen LogP contribution in [0.25, 0.3) is 0 Å². The molecule has 0 aromatic heterocycles. The summed E-state index contributed by atoms with van der Waals surface area (Å²) in [6.45, 7) is 1.66. The fourth-order valence-electron chi connectivity index (χ4n) is 2.65. The summed E-state index contributed by atoms with van der Waals surface area (Å²) in [4.78, 5) is 4.83. The lowest BCUT2D eigenvalue weighted by Gasteiger charge is -2.36. The number of hydrogen-bond acceptors (Lipinski definition) is 4. The van der Waals surface area contributed by atoms with E-state index in [0.29, 0.717) is 4.99 Å². The Kier molecular flexibility index (Phi) is 4.96. The van der Waals surface area contributed by atoms with Crippen molar-refractivity contribution in [2.45, 2.75) is 25.0 Å². The lowest BCUT2D eigenvalue weighted by Crippen LogP contribution is -2.43. The fraction of sp³-hybridized carbons (Fsp3) is 0.533. The molecule has 4 nitrogen and oxygen atoms in total. The van der Waals surface area contributed by atoms with Crippen LogP contribution in [0.2, 0.25) is 0 Å².